The summed E-state index contributed by atoms with van der Waals surface area (Å²) in [4.78, 5) is 12.2. The molecular formula is C15H14BrN3O2. The Morgan fingerprint density at radius 1 is 1.14 bits per heavy atom. The first-order chi connectivity index (χ1) is 10.1. The van der Waals surface area contributed by atoms with Gasteiger partial charge in [-0.1, -0.05) is 51.4 Å². The molecule has 0 saturated carbocycles. The molecule has 1 amide bonds. The molecule has 5 nitrogen and oxygen atoms in total. The van der Waals surface area contributed by atoms with Crippen LogP contribution in [0, 0.1) is 0 Å². The van der Waals surface area contributed by atoms with Crippen LogP contribution in [-0.2, 0) is 0 Å². The largest absolute Gasteiger partial charge is 0.409 e. The predicted molar refractivity (Wildman–Crippen MR) is 84.2 cm³/mol. The van der Waals surface area contributed by atoms with E-state index in [4.69, 9.17) is 10.9 Å². The molecule has 6 heteroatoms. The minimum atomic E-state index is -0.688. The fourth-order valence-corrected chi connectivity index (χ4v) is 2.11. The van der Waals surface area contributed by atoms with Gasteiger partial charge in [-0.25, -0.2) is 0 Å². The number of nitrogens with two attached hydrogens (primary N) is 1. The highest BCUT2D eigenvalue weighted by molar-refractivity contribution is 9.10. The van der Waals surface area contributed by atoms with E-state index in [2.05, 4.69) is 26.4 Å². The SMILES string of the molecule is N/C(=N\O)C(NC(=O)c1ccc(Br)cc1)c1ccccc1. The lowest BCUT2D eigenvalue weighted by Crippen LogP contribution is -2.37. The van der Waals surface area contributed by atoms with Crippen molar-refractivity contribution >= 4 is 27.7 Å². The number of nitrogens with one attached hydrogen (secondary N) is 1. The molecule has 0 bridgehead atoms. The Bertz CT molecular complexity index is 642. The zero-order valence-corrected chi connectivity index (χ0v) is 12.6. The van der Waals surface area contributed by atoms with Crippen molar-refractivity contribution in [2.75, 3.05) is 0 Å². The third-order valence-electron chi connectivity index (χ3n) is 2.93. The van der Waals surface area contributed by atoms with Crippen molar-refractivity contribution < 1.29 is 10.0 Å². The number of benzene rings is 2. The van der Waals surface area contributed by atoms with Crippen LogP contribution in [0.2, 0.25) is 0 Å². The fraction of sp³-hybridized carbons (Fsp3) is 0.0667. The third-order valence-corrected chi connectivity index (χ3v) is 3.45. The normalized spacial score (nSPS) is 12.7. The first-order valence-corrected chi connectivity index (χ1v) is 7.00. The number of halogens is 1. The van der Waals surface area contributed by atoms with Gasteiger partial charge in [-0.2, -0.15) is 0 Å². The molecule has 108 valence electrons. The van der Waals surface area contributed by atoms with E-state index in [1.807, 2.05) is 18.2 Å². The molecule has 0 radical (unpaired) electrons. The average Bonchev–Trinajstić information content (AvgIpc) is 2.53. The number of amidine groups is 1. The number of hydrogen-bond donors (Lipinski definition) is 3. The Hall–Kier alpha value is -2.34. The molecule has 0 aliphatic rings. The number of carbonyl (C=O) groups excluding carboxylic acids is 1. The quantitative estimate of drug-likeness (QED) is 0.344. The molecule has 0 spiro atoms. The number of nitrogens with zero attached hydrogens (tertiary/aromatic N) is 1. The van der Waals surface area contributed by atoms with Crippen LogP contribution >= 0.6 is 15.9 Å². The summed E-state index contributed by atoms with van der Waals surface area (Å²) in [6, 6.07) is 15.3. The van der Waals surface area contributed by atoms with E-state index in [-0.39, 0.29) is 11.7 Å². The summed E-state index contributed by atoms with van der Waals surface area (Å²) in [5, 5.41) is 14.6. The Kier molecular flexibility index (Phi) is 4.94. The van der Waals surface area contributed by atoms with Gasteiger partial charge in [0.15, 0.2) is 5.84 Å². The number of oxime groups is 1. The minimum Gasteiger partial charge on any atom is -0.409 e. The van der Waals surface area contributed by atoms with Crippen LogP contribution in [0.3, 0.4) is 0 Å². The molecule has 21 heavy (non-hydrogen) atoms. The van der Waals surface area contributed by atoms with E-state index in [1.54, 1.807) is 36.4 Å². The van der Waals surface area contributed by atoms with Crippen LogP contribution in [0.15, 0.2) is 64.2 Å². The van der Waals surface area contributed by atoms with Gasteiger partial charge in [0.25, 0.3) is 5.91 Å². The second kappa shape index (κ2) is 6.90. The molecule has 0 aliphatic heterocycles. The van der Waals surface area contributed by atoms with Crippen molar-refractivity contribution in [3.05, 3.63) is 70.2 Å². The fourth-order valence-electron chi connectivity index (χ4n) is 1.85. The van der Waals surface area contributed by atoms with E-state index in [1.165, 1.54) is 0 Å². The van der Waals surface area contributed by atoms with Gasteiger partial charge in [-0.3, -0.25) is 4.79 Å². The monoisotopic (exact) mass is 347 g/mol. The van der Waals surface area contributed by atoms with Gasteiger partial charge < -0.3 is 16.3 Å². The number of amides is 1. The van der Waals surface area contributed by atoms with Crippen molar-refractivity contribution in [2.24, 2.45) is 10.9 Å². The van der Waals surface area contributed by atoms with E-state index in [0.717, 1.165) is 10.0 Å². The summed E-state index contributed by atoms with van der Waals surface area (Å²) in [6.45, 7) is 0. The smallest absolute Gasteiger partial charge is 0.252 e. The minimum absolute atomic E-state index is 0.0772. The van der Waals surface area contributed by atoms with E-state index in [0.29, 0.717) is 5.56 Å². The summed E-state index contributed by atoms with van der Waals surface area (Å²) in [6.07, 6.45) is 0. The van der Waals surface area contributed by atoms with Gasteiger partial charge in [0, 0.05) is 10.0 Å². The van der Waals surface area contributed by atoms with Crippen LogP contribution < -0.4 is 11.1 Å². The standard InChI is InChI=1S/C15H14BrN3O2/c16-12-8-6-11(7-9-12)15(20)18-13(14(17)19-21)10-4-2-1-3-5-10/h1-9,13,21H,(H2,17,19)(H,18,20). The lowest BCUT2D eigenvalue weighted by atomic mass is 10.1. The van der Waals surface area contributed by atoms with E-state index in [9.17, 15) is 4.79 Å². The molecule has 4 N–H and O–H groups in total. The Morgan fingerprint density at radius 2 is 1.76 bits per heavy atom. The van der Waals surface area contributed by atoms with E-state index >= 15 is 0 Å². The zero-order chi connectivity index (χ0) is 15.2. The number of rotatable bonds is 4. The summed E-state index contributed by atoms with van der Waals surface area (Å²) >= 11 is 3.31. The highest BCUT2D eigenvalue weighted by Crippen LogP contribution is 2.15. The van der Waals surface area contributed by atoms with Gasteiger partial charge in [0.2, 0.25) is 0 Å². The molecule has 2 rings (SSSR count). The molecule has 0 heterocycles. The lowest BCUT2D eigenvalue weighted by molar-refractivity contribution is 0.0946. The van der Waals surface area contributed by atoms with Crippen molar-refractivity contribution in [1.82, 2.24) is 5.32 Å². The maximum Gasteiger partial charge on any atom is 0.252 e. The van der Waals surface area contributed by atoms with Crippen LogP contribution in [0.5, 0.6) is 0 Å². The number of hydrogen-bond acceptors (Lipinski definition) is 3. The van der Waals surface area contributed by atoms with Crippen LogP contribution in [0.1, 0.15) is 22.0 Å². The lowest BCUT2D eigenvalue weighted by Gasteiger charge is -2.17. The third kappa shape index (κ3) is 3.82. The zero-order valence-electron chi connectivity index (χ0n) is 11.0. The van der Waals surface area contributed by atoms with Gasteiger partial charge in [0.05, 0.1) is 0 Å². The molecule has 1 atom stereocenters. The summed E-state index contributed by atoms with van der Waals surface area (Å²) in [5.74, 6) is -0.380. The highest BCUT2D eigenvalue weighted by atomic mass is 79.9. The van der Waals surface area contributed by atoms with Gasteiger partial charge >= 0.3 is 0 Å². The van der Waals surface area contributed by atoms with Crippen molar-refractivity contribution in [1.29, 1.82) is 0 Å². The average molecular weight is 348 g/mol. The second-order valence-corrected chi connectivity index (χ2v) is 5.26. The Balaban J connectivity index is 2.23. The predicted octanol–water partition coefficient (Wildman–Crippen LogP) is 2.67. The van der Waals surface area contributed by atoms with Gasteiger partial charge in [-0.15, -0.1) is 0 Å². The van der Waals surface area contributed by atoms with Gasteiger partial charge in [0.1, 0.15) is 6.04 Å². The first kappa shape index (κ1) is 15.1. The van der Waals surface area contributed by atoms with Crippen LogP contribution in [0.4, 0.5) is 0 Å². The van der Waals surface area contributed by atoms with Crippen molar-refractivity contribution in [3.63, 3.8) is 0 Å². The second-order valence-electron chi connectivity index (χ2n) is 4.35. The van der Waals surface area contributed by atoms with Crippen molar-refractivity contribution in [3.8, 4) is 0 Å². The van der Waals surface area contributed by atoms with E-state index < -0.39 is 6.04 Å². The Labute approximate surface area is 130 Å². The maximum absolute atomic E-state index is 12.2. The molecule has 0 saturated heterocycles. The summed E-state index contributed by atoms with van der Waals surface area (Å²) < 4.78 is 0.884. The first-order valence-electron chi connectivity index (χ1n) is 6.20. The van der Waals surface area contributed by atoms with Gasteiger partial charge in [-0.05, 0) is 29.8 Å². The van der Waals surface area contributed by atoms with Crippen LogP contribution in [-0.4, -0.2) is 17.0 Å². The Morgan fingerprint density at radius 3 is 2.33 bits per heavy atom. The molecule has 0 aliphatic carbocycles. The summed E-state index contributed by atoms with van der Waals surface area (Å²) in [5.41, 5.74) is 6.90. The maximum atomic E-state index is 12.2. The molecule has 2 aromatic rings. The number of carbonyl (C=O) groups is 1. The van der Waals surface area contributed by atoms with Crippen molar-refractivity contribution in [2.45, 2.75) is 6.04 Å². The molecule has 0 fully saturated rings. The van der Waals surface area contributed by atoms with Crippen LogP contribution in [0.25, 0.3) is 0 Å². The molecule has 1 unspecified atom stereocenters. The highest BCUT2D eigenvalue weighted by Gasteiger charge is 2.19. The molecular weight excluding hydrogens is 334 g/mol. The summed E-state index contributed by atoms with van der Waals surface area (Å²) in [7, 11) is 0. The molecule has 2 aromatic carbocycles. The topological polar surface area (TPSA) is 87.7 Å². The molecule has 0 aromatic heterocycles.